The lowest BCUT2D eigenvalue weighted by atomic mass is 10.2. The molecule has 0 spiro atoms. The zero-order valence-electron chi connectivity index (χ0n) is 8.88. The molecule has 0 aromatic carbocycles. The van der Waals surface area contributed by atoms with Gasteiger partial charge in [0.2, 0.25) is 0 Å². The van der Waals surface area contributed by atoms with E-state index in [1.54, 1.807) is 18.4 Å². The minimum Gasteiger partial charge on any atom is -0.478 e. The molecule has 17 heavy (non-hydrogen) atoms. The van der Waals surface area contributed by atoms with Gasteiger partial charge in [-0.25, -0.2) is 9.78 Å². The Bertz CT molecular complexity index is 523. The molecule has 0 aliphatic carbocycles. The fourth-order valence-corrected chi connectivity index (χ4v) is 1.38. The Labute approximate surface area is 97.1 Å². The van der Waals surface area contributed by atoms with E-state index in [0.29, 0.717) is 18.1 Å². The van der Waals surface area contributed by atoms with E-state index in [1.165, 1.54) is 12.3 Å². The van der Waals surface area contributed by atoms with Crippen molar-refractivity contribution in [2.45, 2.75) is 6.54 Å². The largest absolute Gasteiger partial charge is 0.478 e. The van der Waals surface area contributed by atoms with E-state index in [-0.39, 0.29) is 11.3 Å². The number of nitrogens with zero attached hydrogens (tertiary/aromatic N) is 1. The lowest BCUT2D eigenvalue weighted by Crippen LogP contribution is -2.09. The third-order valence-corrected chi connectivity index (χ3v) is 2.23. The Hall–Kier alpha value is -2.50. The van der Waals surface area contributed by atoms with Crippen molar-refractivity contribution >= 4 is 17.5 Å². The van der Waals surface area contributed by atoms with Crippen LogP contribution < -0.4 is 11.1 Å². The van der Waals surface area contributed by atoms with Crippen molar-refractivity contribution in [2.24, 2.45) is 0 Å². The van der Waals surface area contributed by atoms with Crippen LogP contribution >= 0.6 is 0 Å². The minimum atomic E-state index is -1.08. The Balaban J connectivity index is 2.16. The van der Waals surface area contributed by atoms with Gasteiger partial charge in [0.1, 0.15) is 11.6 Å². The number of pyridine rings is 1. The maximum atomic E-state index is 10.9. The minimum absolute atomic E-state index is 0.0296. The number of nitrogens with two attached hydrogens (primary N) is 1. The molecule has 2 aromatic rings. The fraction of sp³-hybridized carbons (Fsp3) is 0.0909. The molecular weight excluding hydrogens is 222 g/mol. The highest BCUT2D eigenvalue weighted by molar-refractivity contribution is 5.96. The van der Waals surface area contributed by atoms with E-state index < -0.39 is 5.97 Å². The quantitative estimate of drug-likeness (QED) is 0.740. The van der Waals surface area contributed by atoms with Crippen LogP contribution in [0.25, 0.3) is 0 Å². The summed E-state index contributed by atoms with van der Waals surface area (Å²) in [5.41, 5.74) is 5.83. The number of nitrogen functional groups attached to an aromatic ring is 1. The number of aromatic carboxylic acids is 1. The Kier molecular flexibility index (Phi) is 2.95. The first-order valence-electron chi connectivity index (χ1n) is 4.92. The fourth-order valence-electron chi connectivity index (χ4n) is 1.38. The number of nitrogens with one attached hydrogen (secondary N) is 1. The number of anilines is 2. The Morgan fingerprint density at radius 3 is 3.00 bits per heavy atom. The molecule has 0 fully saturated rings. The highest BCUT2D eigenvalue weighted by Crippen LogP contribution is 2.20. The number of hydrogen-bond acceptors (Lipinski definition) is 5. The number of aromatic nitrogens is 1. The number of carboxylic acid groups (broad SMARTS) is 1. The molecule has 2 aromatic heterocycles. The molecule has 0 aliphatic rings. The molecule has 0 aliphatic heterocycles. The average Bonchev–Trinajstić information content (AvgIpc) is 2.80. The van der Waals surface area contributed by atoms with Gasteiger partial charge in [0.15, 0.2) is 0 Å². The van der Waals surface area contributed by atoms with Crippen LogP contribution in [0.1, 0.15) is 16.1 Å². The van der Waals surface area contributed by atoms with E-state index in [2.05, 4.69) is 10.3 Å². The van der Waals surface area contributed by atoms with Crippen molar-refractivity contribution in [3.8, 4) is 0 Å². The molecule has 2 rings (SSSR count). The lowest BCUT2D eigenvalue weighted by Gasteiger charge is -2.08. The predicted molar refractivity (Wildman–Crippen MR) is 61.6 cm³/mol. The first kappa shape index (κ1) is 11.0. The first-order valence-corrected chi connectivity index (χ1v) is 4.92. The molecule has 6 heteroatoms. The number of carbonyl (C=O) groups is 1. The lowest BCUT2D eigenvalue weighted by molar-refractivity contribution is 0.0698. The second kappa shape index (κ2) is 4.56. The van der Waals surface area contributed by atoms with E-state index in [0.717, 1.165) is 0 Å². The normalized spacial score (nSPS) is 10.1. The predicted octanol–water partition coefficient (Wildman–Crippen LogP) is 1.57. The van der Waals surface area contributed by atoms with E-state index in [9.17, 15) is 4.79 Å². The molecule has 0 amide bonds. The summed E-state index contributed by atoms with van der Waals surface area (Å²) >= 11 is 0. The van der Waals surface area contributed by atoms with Crippen molar-refractivity contribution < 1.29 is 14.3 Å². The van der Waals surface area contributed by atoms with Crippen LogP contribution in [0.5, 0.6) is 0 Å². The van der Waals surface area contributed by atoms with Gasteiger partial charge < -0.3 is 20.6 Å². The van der Waals surface area contributed by atoms with Crippen LogP contribution in [-0.4, -0.2) is 16.1 Å². The molecule has 88 valence electrons. The molecule has 6 nitrogen and oxygen atoms in total. The molecule has 4 N–H and O–H groups in total. The zero-order valence-corrected chi connectivity index (χ0v) is 8.88. The topological polar surface area (TPSA) is 101 Å². The summed E-state index contributed by atoms with van der Waals surface area (Å²) in [4.78, 5) is 14.8. The first-order chi connectivity index (χ1) is 8.18. The number of carboxylic acids is 1. The van der Waals surface area contributed by atoms with Gasteiger partial charge in [0, 0.05) is 6.20 Å². The number of rotatable bonds is 4. The highest BCUT2D eigenvalue weighted by Gasteiger charge is 2.12. The summed E-state index contributed by atoms with van der Waals surface area (Å²) in [7, 11) is 0. The number of furan rings is 1. The summed E-state index contributed by atoms with van der Waals surface area (Å²) in [5, 5.41) is 11.8. The molecule has 0 bridgehead atoms. The molecular formula is C11H11N3O3. The maximum Gasteiger partial charge on any atom is 0.337 e. The molecule has 0 radical (unpaired) electrons. The van der Waals surface area contributed by atoms with E-state index >= 15 is 0 Å². The average molecular weight is 233 g/mol. The van der Waals surface area contributed by atoms with Crippen molar-refractivity contribution in [2.75, 3.05) is 11.1 Å². The standard InChI is InChI=1S/C11H11N3O3/c12-9-8(11(15)16)3-4-13-10(9)14-6-7-2-1-5-17-7/h1-5H,6,12H2,(H,13,14)(H,15,16). The SMILES string of the molecule is Nc1c(C(=O)O)ccnc1NCc1ccco1. The van der Waals surface area contributed by atoms with Gasteiger partial charge in [-0.05, 0) is 18.2 Å². The van der Waals surface area contributed by atoms with Gasteiger partial charge in [-0.2, -0.15) is 0 Å². The van der Waals surface area contributed by atoms with Crippen molar-refractivity contribution in [1.29, 1.82) is 0 Å². The summed E-state index contributed by atoms with van der Waals surface area (Å²) in [6, 6.07) is 4.92. The summed E-state index contributed by atoms with van der Waals surface area (Å²) in [5.74, 6) is -0.0285. The van der Waals surface area contributed by atoms with Gasteiger partial charge in [0.25, 0.3) is 0 Å². The van der Waals surface area contributed by atoms with Gasteiger partial charge in [-0.15, -0.1) is 0 Å². The molecule has 0 unspecified atom stereocenters. The van der Waals surface area contributed by atoms with Crippen LogP contribution in [0, 0.1) is 0 Å². The van der Waals surface area contributed by atoms with Crippen molar-refractivity contribution in [3.63, 3.8) is 0 Å². The summed E-state index contributed by atoms with van der Waals surface area (Å²) in [6.45, 7) is 0.396. The van der Waals surface area contributed by atoms with Gasteiger partial charge in [-0.1, -0.05) is 0 Å². The van der Waals surface area contributed by atoms with Gasteiger partial charge in [0.05, 0.1) is 24.1 Å². The van der Waals surface area contributed by atoms with Crippen LogP contribution in [0.4, 0.5) is 11.5 Å². The molecule has 0 saturated carbocycles. The van der Waals surface area contributed by atoms with Crippen LogP contribution in [0.3, 0.4) is 0 Å². The van der Waals surface area contributed by atoms with Gasteiger partial charge in [-0.3, -0.25) is 0 Å². The van der Waals surface area contributed by atoms with Crippen molar-refractivity contribution in [3.05, 3.63) is 42.0 Å². The molecule has 0 atom stereocenters. The van der Waals surface area contributed by atoms with Crippen LogP contribution in [-0.2, 0) is 6.54 Å². The maximum absolute atomic E-state index is 10.9. The van der Waals surface area contributed by atoms with Crippen LogP contribution in [0.2, 0.25) is 0 Å². The van der Waals surface area contributed by atoms with Gasteiger partial charge >= 0.3 is 5.97 Å². The molecule has 2 heterocycles. The smallest absolute Gasteiger partial charge is 0.337 e. The highest BCUT2D eigenvalue weighted by atomic mass is 16.4. The molecule has 0 saturated heterocycles. The second-order valence-electron chi connectivity index (χ2n) is 3.36. The van der Waals surface area contributed by atoms with E-state index in [1.807, 2.05) is 0 Å². The zero-order chi connectivity index (χ0) is 12.3. The third kappa shape index (κ3) is 2.36. The van der Waals surface area contributed by atoms with Crippen molar-refractivity contribution in [1.82, 2.24) is 4.98 Å². The second-order valence-corrected chi connectivity index (χ2v) is 3.36. The Morgan fingerprint density at radius 1 is 1.53 bits per heavy atom. The number of hydrogen-bond donors (Lipinski definition) is 3. The summed E-state index contributed by atoms with van der Waals surface area (Å²) in [6.07, 6.45) is 2.95. The summed E-state index contributed by atoms with van der Waals surface area (Å²) < 4.78 is 5.13. The van der Waals surface area contributed by atoms with E-state index in [4.69, 9.17) is 15.3 Å². The Morgan fingerprint density at radius 2 is 2.35 bits per heavy atom. The van der Waals surface area contributed by atoms with Crippen LogP contribution in [0.15, 0.2) is 35.1 Å². The monoisotopic (exact) mass is 233 g/mol. The third-order valence-electron chi connectivity index (χ3n) is 2.23.